The second kappa shape index (κ2) is 6.17. The minimum atomic E-state index is -0.439. The number of nitrogens with one attached hydrogen (secondary N) is 1. The van der Waals surface area contributed by atoms with Crippen LogP contribution in [0.25, 0.3) is 0 Å². The molecule has 3 nitrogen and oxygen atoms in total. The molecule has 2 aromatic rings. The number of rotatable bonds is 2. The van der Waals surface area contributed by atoms with Crippen molar-refractivity contribution in [3.63, 3.8) is 0 Å². The second-order valence-corrected chi connectivity index (χ2v) is 10.8. The lowest BCUT2D eigenvalue weighted by Crippen LogP contribution is -2.41. The van der Waals surface area contributed by atoms with E-state index in [1.165, 1.54) is 22.4 Å². The van der Waals surface area contributed by atoms with E-state index in [2.05, 4.69) is 70.9 Å². The minimum absolute atomic E-state index is 0.0271. The van der Waals surface area contributed by atoms with Gasteiger partial charge >= 0.3 is 0 Å². The fourth-order valence-corrected chi connectivity index (χ4v) is 5.40. The standard InChI is InChI=1S/C25H32N2O/c1-23(2,3)14-19-22-18(26-27-19)12-16-13-24(4,5)15-20(28)21(16)25(22,6)17-10-8-7-9-11-17/h7-11H,12-15H2,1-6H3,(H,26,27)/t25-/m0/s1. The number of nitrogens with zero attached hydrogens (tertiary/aromatic N) is 1. The largest absolute Gasteiger partial charge is 0.294 e. The van der Waals surface area contributed by atoms with E-state index in [9.17, 15) is 4.79 Å². The number of H-pyrrole nitrogens is 1. The molecule has 3 heteroatoms. The van der Waals surface area contributed by atoms with E-state index < -0.39 is 5.41 Å². The van der Waals surface area contributed by atoms with Crippen LogP contribution in [-0.2, 0) is 23.1 Å². The highest BCUT2D eigenvalue weighted by Crippen LogP contribution is 2.53. The minimum Gasteiger partial charge on any atom is -0.294 e. The zero-order chi connectivity index (χ0) is 20.3. The second-order valence-electron chi connectivity index (χ2n) is 10.8. The Morgan fingerprint density at radius 3 is 2.39 bits per heavy atom. The van der Waals surface area contributed by atoms with Gasteiger partial charge in [0.2, 0.25) is 0 Å². The molecule has 1 aromatic heterocycles. The summed E-state index contributed by atoms with van der Waals surface area (Å²) in [7, 11) is 0. The lowest BCUT2D eigenvalue weighted by Gasteiger charge is -2.44. The van der Waals surface area contributed by atoms with E-state index >= 15 is 0 Å². The molecule has 1 heterocycles. The van der Waals surface area contributed by atoms with Crippen LogP contribution in [0.4, 0.5) is 0 Å². The molecule has 0 spiro atoms. The predicted molar refractivity (Wildman–Crippen MR) is 113 cm³/mol. The van der Waals surface area contributed by atoms with Gasteiger partial charge in [0.15, 0.2) is 5.78 Å². The summed E-state index contributed by atoms with van der Waals surface area (Å²) >= 11 is 0. The summed E-state index contributed by atoms with van der Waals surface area (Å²) in [6.07, 6.45) is 3.31. The van der Waals surface area contributed by atoms with Crippen LogP contribution in [0.15, 0.2) is 41.5 Å². The first-order valence-corrected chi connectivity index (χ1v) is 10.4. The van der Waals surface area contributed by atoms with Crippen molar-refractivity contribution >= 4 is 5.78 Å². The van der Waals surface area contributed by atoms with Crippen LogP contribution in [0.3, 0.4) is 0 Å². The Labute approximate surface area is 168 Å². The molecule has 148 valence electrons. The van der Waals surface area contributed by atoms with Gasteiger partial charge < -0.3 is 0 Å². The highest BCUT2D eigenvalue weighted by Gasteiger charge is 2.49. The molecule has 0 saturated carbocycles. The van der Waals surface area contributed by atoms with E-state index in [0.29, 0.717) is 12.2 Å². The zero-order valence-electron chi connectivity index (χ0n) is 18.1. The number of benzene rings is 1. The Hall–Kier alpha value is -2.16. The first-order valence-electron chi connectivity index (χ1n) is 10.4. The van der Waals surface area contributed by atoms with Gasteiger partial charge in [-0.1, -0.05) is 70.5 Å². The number of fused-ring (bicyclic) bond motifs is 1. The summed E-state index contributed by atoms with van der Waals surface area (Å²) in [4.78, 5) is 13.5. The molecule has 0 aliphatic heterocycles. The summed E-state index contributed by atoms with van der Waals surface area (Å²) in [5, 5.41) is 8.11. The smallest absolute Gasteiger partial charge is 0.160 e. The maximum atomic E-state index is 13.5. The summed E-state index contributed by atoms with van der Waals surface area (Å²) < 4.78 is 0. The van der Waals surface area contributed by atoms with Crippen LogP contribution >= 0.6 is 0 Å². The fourth-order valence-electron chi connectivity index (χ4n) is 5.40. The zero-order valence-corrected chi connectivity index (χ0v) is 18.1. The Morgan fingerprint density at radius 1 is 1.07 bits per heavy atom. The normalized spacial score (nSPS) is 24.1. The molecule has 28 heavy (non-hydrogen) atoms. The van der Waals surface area contributed by atoms with Gasteiger partial charge in [0, 0.05) is 35.1 Å². The number of aromatic amines is 1. The van der Waals surface area contributed by atoms with Crippen molar-refractivity contribution in [3.8, 4) is 0 Å². The first kappa shape index (κ1) is 19.2. The van der Waals surface area contributed by atoms with Crippen LogP contribution in [0.2, 0.25) is 0 Å². The number of aromatic nitrogens is 2. The Morgan fingerprint density at radius 2 is 1.75 bits per heavy atom. The van der Waals surface area contributed by atoms with Crippen molar-refractivity contribution in [2.45, 2.75) is 72.6 Å². The Balaban J connectivity index is 1.98. The number of carbonyl (C=O) groups excluding carboxylic acids is 1. The molecule has 1 aromatic carbocycles. The maximum Gasteiger partial charge on any atom is 0.160 e. The van der Waals surface area contributed by atoms with Crippen molar-refractivity contribution in [3.05, 3.63) is 64.0 Å². The topological polar surface area (TPSA) is 45.8 Å². The molecule has 0 unspecified atom stereocenters. The third kappa shape index (κ3) is 3.05. The quantitative estimate of drug-likeness (QED) is 0.747. The SMILES string of the molecule is CC(C)(C)Cc1n[nH]c2c1[C@@](C)(c1ccccc1)C1=C(C2)CC(C)(C)CC1=O. The predicted octanol–water partition coefficient (Wildman–Crippen LogP) is 5.55. The number of allylic oxidation sites excluding steroid dienone is 2. The highest BCUT2D eigenvalue weighted by atomic mass is 16.1. The summed E-state index contributed by atoms with van der Waals surface area (Å²) in [6.45, 7) is 13.4. The van der Waals surface area contributed by atoms with Crippen molar-refractivity contribution in [1.82, 2.24) is 10.2 Å². The average Bonchev–Trinajstić information content (AvgIpc) is 2.95. The van der Waals surface area contributed by atoms with Gasteiger partial charge in [-0.25, -0.2) is 0 Å². The third-order valence-electron chi connectivity index (χ3n) is 6.32. The number of hydrogen-bond acceptors (Lipinski definition) is 2. The molecule has 0 amide bonds. The van der Waals surface area contributed by atoms with Crippen molar-refractivity contribution in [2.24, 2.45) is 10.8 Å². The van der Waals surface area contributed by atoms with Crippen LogP contribution in [0, 0.1) is 10.8 Å². The van der Waals surface area contributed by atoms with Crippen molar-refractivity contribution in [2.75, 3.05) is 0 Å². The van der Waals surface area contributed by atoms with E-state index in [1.807, 2.05) is 6.07 Å². The fraction of sp³-hybridized carbons (Fsp3) is 0.520. The van der Waals surface area contributed by atoms with Crippen LogP contribution in [0.1, 0.15) is 76.9 Å². The highest BCUT2D eigenvalue weighted by molar-refractivity contribution is 6.01. The molecule has 2 aliphatic carbocycles. The van der Waals surface area contributed by atoms with Gasteiger partial charge in [0.05, 0.1) is 5.69 Å². The molecular formula is C25H32N2O. The summed E-state index contributed by atoms with van der Waals surface area (Å²) in [5.41, 5.74) is 6.77. The third-order valence-corrected chi connectivity index (χ3v) is 6.32. The summed E-state index contributed by atoms with van der Waals surface area (Å²) in [5.74, 6) is 0.311. The number of carbonyl (C=O) groups is 1. The number of hydrogen-bond donors (Lipinski definition) is 1. The molecular weight excluding hydrogens is 344 g/mol. The maximum absolute atomic E-state index is 13.5. The monoisotopic (exact) mass is 376 g/mol. The van der Waals surface area contributed by atoms with E-state index in [-0.39, 0.29) is 10.8 Å². The number of ketones is 1. The van der Waals surface area contributed by atoms with E-state index in [1.54, 1.807) is 0 Å². The molecule has 0 radical (unpaired) electrons. The van der Waals surface area contributed by atoms with Gasteiger partial charge in [0.1, 0.15) is 0 Å². The molecule has 0 fully saturated rings. The molecule has 2 aliphatic rings. The molecule has 0 bridgehead atoms. The summed E-state index contributed by atoms with van der Waals surface area (Å²) in [6, 6.07) is 10.5. The Kier molecular flexibility index (Phi) is 4.22. The van der Waals surface area contributed by atoms with Crippen LogP contribution < -0.4 is 0 Å². The number of Topliss-reactive ketones (excluding diaryl/α,β-unsaturated/α-hetero) is 1. The van der Waals surface area contributed by atoms with Gasteiger partial charge in [0.25, 0.3) is 0 Å². The van der Waals surface area contributed by atoms with Crippen molar-refractivity contribution in [1.29, 1.82) is 0 Å². The van der Waals surface area contributed by atoms with Gasteiger partial charge in [-0.3, -0.25) is 9.89 Å². The van der Waals surface area contributed by atoms with E-state index in [4.69, 9.17) is 5.10 Å². The molecule has 1 N–H and O–H groups in total. The first-order chi connectivity index (χ1) is 13.0. The van der Waals surface area contributed by atoms with Crippen molar-refractivity contribution < 1.29 is 4.79 Å². The van der Waals surface area contributed by atoms with Crippen LogP contribution in [0.5, 0.6) is 0 Å². The molecule has 4 rings (SSSR count). The Bertz CT molecular complexity index is 956. The lowest BCUT2D eigenvalue weighted by molar-refractivity contribution is -0.118. The van der Waals surface area contributed by atoms with Gasteiger partial charge in [-0.2, -0.15) is 5.10 Å². The van der Waals surface area contributed by atoms with Gasteiger partial charge in [-0.15, -0.1) is 0 Å². The van der Waals surface area contributed by atoms with Gasteiger partial charge in [-0.05, 0) is 36.2 Å². The lowest BCUT2D eigenvalue weighted by atomic mass is 9.58. The molecule has 1 atom stereocenters. The van der Waals surface area contributed by atoms with Crippen LogP contribution in [-0.4, -0.2) is 16.0 Å². The molecule has 0 saturated heterocycles. The van der Waals surface area contributed by atoms with E-state index in [0.717, 1.165) is 30.5 Å². The average molecular weight is 377 g/mol.